The molecule has 2 rings (SSSR count). The van der Waals surface area contributed by atoms with Crippen LogP contribution in [0, 0.1) is 5.82 Å². The first-order chi connectivity index (χ1) is 7.96. The second-order valence-electron chi connectivity index (χ2n) is 4.01. The van der Waals surface area contributed by atoms with Crippen LogP contribution < -0.4 is 5.73 Å². The summed E-state index contributed by atoms with van der Waals surface area (Å²) in [6.45, 7) is 0.521. The highest BCUT2D eigenvalue weighted by atomic mass is 79.9. The van der Waals surface area contributed by atoms with Crippen molar-refractivity contribution < 1.29 is 13.9 Å². The summed E-state index contributed by atoms with van der Waals surface area (Å²) in [5, 5.41) is -0.113. The maximum Gasteiger partial charge on any atom is 0.188 e. The minimum absolute atomic E-state index is 0.0915. The lowest BCUT2D eigenvalue weighted by Gasteiger charge is -2.20. The second-order valence-corrected chi connectivity index (χ2v) is 5.24. The zero-order valence-electron chi connectivity index (χ0n) is 8.80. The lowest BCUT2D eigenvalue weighted by molar-refractivity contribution is 0.0859. The largest absolute Gasteiger partial charge is 0.379 e. The van der Waals surface area contributed by atoms with Crippen LogP contribution in [0.4, 0.5) is 4.39 Å². The topological polar surface area (TPSA) is 52.3 Å². The van der Waals surface area contributed by atoms with Gasteiger partial charge in [0, 0.05) is 11.1 Å². The average Bonchev–Trinajstić information content (AvgIpc) is 2.74. The minimum atomic E-state index is -1.14. The number of hydrogen-bond acceptors (Lipinski definition) is 3. The monoisotopic (exact) mass is 321 g/mol. The maximum absolute atomic E-state index is 13.9. The number of hydrogen-bond donors (Lipinski definition) is 1. The lowest BCUT2D eigenvalue weighted by Crippen LogP contribution is -2.48. The van der Waals surface area contributed by atoms with Crippen molar-refractivity contribution in [3.63, 3.8) is 0 Å². The number of nitrogens with two attached hydrogens (primary N) is 1. The Hall–Kier alpha value is -0.490. The fourth-order valence-corrected chi connectivity index (χ4v) is 2.20. The smallest absolute Gasteiger partial charge is 0.188 e. The van der Waals surface area contributed by atoms with E-state index in [0.717, 1.165) is 0 Å². The molecule has 0 aliphatic carbocycles. The Kier molecular flexibility index (Phi) is 3.54. The molecule has 1 atom stereocenters. The van der Waals surface area contributed by atoms with Crippen molar-refractivity contribution in [1.82, 2.24) is 0 Å². The van der Waals surface area contributed by atoms with Gasteiger partial charge in [-0.25, -0.2) is 4.39 Å². The Morgan fingerprint density at radius 3 is 2.88 bits per heavy atom. The summed E-state index contributed by atoms with van der Waals surface area (Å²) >= 11 is 8.82. The predicted octanol–water partition coefficient (Wildman–Crippen LogP) is 2.54. The molecule has 2 N–H and O–H groups in total. The van der Waals surface area contributed by atoms with Crippen LogP contribution in [0.3, 0.4) is 0 Å². The molecule has 1 fully saturated rings. The molecular weight excluding hydrogens is 312 g/mol. The molecule has 92 valence electrons. The van der Waals surface area contributed by atoms with Gasteiger partial charge in [-0.2, -0.15) is 0 Å². The van der Waals surface area contributed by atoms with Crippen LogP contribution in [0.1, 0.15) is 16.8 Å². The Morgan fingerprint density at radius 1 is 1.59 bits per heavy atom. The molecule has 0 radical (unpaired) electrons. The zero-order valence-corrected chi connectivity index (χ0v) is 11.1. The van der Waals surface area contributed by atoms with Crippen molar-refractivity contribution in [3.8, 4) is 0 Å². The van der Waals surface area contributed by atoms with Gasteiger partial charge in [0.2, 0.25) is 0 Å². The average molecular weight is 323 g/mol. The van der Waals surface area contributed by atoms with E-state index in [-0.39, 0.29) is 17.2 Å². The Morgan fingerprint density at radius 2 is 2.29 bits per heavy atom. The van der Waals surface area contributed by atoms with E-state index in [9.17, 15) is 9.18 Å². The highest BCUT2D eigenvalue weighted by molar-refractivity contribution is 9.10. The van der Waals surface area contributed by atoms with E-state index < -0.39 is 17.1 Å². The molecule has 1 heterocycles. The Bertz CT molecular complexity index is 475. The summed E-state index contributed by atoms with van der Waals surface area (Å²) in [7, 11) is 0. The van der Waals surface area contributed by atoms with E-state index in [1.54, 1.807) is 0 Å². The number of ketones is 1. The molecule has 0 spiro atoms. The van der Waals surface area contributed by atoms with Gasteiger partial charge in [-0.1, -0.05) is 11.6 Å². The molecule has 1 aliphatic rings. The van der Waals surface area contributed by atoms with Crippen molar-refractivity contribution in [1.29, 1.82) is 0 Å². The third kappa shape index (κ3) is 2.25. The zero-order chi connectivity index (χ0) is 12.6. The normalized spacial score (nSPS) is 24.0. The Balaban J connectivity index is 2.41. The molecule has 0 amide bonds. The Labute approximate surface area is 111 Å². The van der Waals surface area contributed by atoms with Crippen LogP contribution in [0.2, 0.25) is 5.02 Å². The second kappa shape index (κ2) is 4.65. The van der Waals surface area contributed by atoms with Crippen LogP contribution >= 0.6 is 27.5 Å². The molecule has 1 aromatic rings. The third-order valence-electron chi connectivity index (χ3n) is 2.78. The molecular formula is C11H10BrClFNO2. The number of carbonyl (C=O) groups is 1. The predicted molar refractivity (Wildman–Crippen MR) is 65.8 cm³/mol. The summed E-state index contributed by atoms with van der Waals surface area (Å²) in [5.41, 5.74) is 4.66. The van der Waals surface area contributed by atoms with Gasteiger partial charge in [0.25, 0.3) is 0 Å². The first-order valence-electron chi connectivity index (χ1n) is 5.00. The highest BCUT2D eigenvalue weighted by Gasteiger charge is 2.40. The van der Waals surface area contributed by atoms with Crippen LogP contribution in [0.15, 0.2) is 16.6 Å². The quantitative estimate of drug-likeness (QED) is 0.672. The molecule has 1 aromatic carbocycles. The third-order valence-corrected chi connectivity index (χ3v) is 4.04. The van der Waals surface area contributed by atoms with Crippen molar-refractivity contribution in [2.75, 3.05) is 13.2 Å². The molecule has 0 aromatic heterocycles. The summed E-state index contributed by atoms with van der Waals surface area (Å²) < 4.78 is 19.3. The molecule has 1 aliphatic heterocycles. The summed E-state index contributed by atoms with van der Waals surface area (Å²) in [6, 6.07) is 2.90. The van der Waals surface area contributed by atoms with E-state index in [1.165, 1.54) is 12.1 Å². The van der Waals surface area contributed by atoms with Gasteiger partial charge in [-0.05, 0) is 34.5 Å². The van der Waals surface area contributed by atoms with Gasteiger partial charge in [0.1, 0.15) is 5.54 Å². The summed E-state index contributed by atoms with van der Waals surface area (Å²) in [5.74, 6) is -1.22. The van der Waals surface area contributed by atoms with Crippen LogP contribution in [0.25, 0.3) is 0 Å². The SMILES string of the molecule is NC1(C(=O)c2ccc(Br)c(Cl)c2F)CCOC1. The molecule has 3 nitrogen and oxygen atoms in total. The molecule has 17 heavy (non-hydrogen) atoms. The number of halogens is 3. The number of Topliss-reactive ketones (excluding diaryl/α,β-unsaturated/α-hetero) is 1. The van der Waals surface area contributed by atoms with Crippen LogP contribution in [-0.4, -0.2) is 24.5 Å². The first kappa shape index (κ1) is 13.0. The number of carbonyl (C=O) groups excluding carboxylic acids is 1. The fraction of sp³-hybridized carbons (Fsp3) is 0.364. The van der Waals surface area contributed by atoms with E-state index >= 15 is 0 Å². The van der Waals surface area contributed by atoms with Gasteiger partial charge in [-0.15, -0.1) is 0 Å². The van der Waals surface area contributed by atoms with Crippen molar-refractivity contribution in [2.45, 2.75) is 12.0 Å². The van der Waals surface area contributed by atoms with Gasteiger partial charge in [0.15, 0.2) is 11.6 Å². The standard InChI is InChI=1S/C11H10BrClFNO2/c12-7-2-1-6(9(14)8(7)13)10(16)11(15)3-4-17-5-11/h1-2H,3-5,15H2. The molecule has 0 bridgehead atoms. The van der Waals surface area contributed by atoms with Gasteiger partial charge >= 0.3 is 0 Å². The van der Waals surface area contributed by atoms with Crippen LogP contribution in [0.5, 0.6) is 0 Å². The number of ether oxygens (including phenoxy) is 1. The number of benzene rings is 1. The number of rotatable bonds is 2. The van der Waals surface area contributed by atoms with Crippen LogP contribution in [-0.2, 0) is 4.74 Å². The molecule has 0 saturated carbocycles. The van der Waals surface area contributed by atoms with Crippen molar-refractivity contribution in [2.24, 2.45) is 5.73 Å². The lowest BCUT2D eigenvalue weighted by atomic mass is 9.89. The molecule has 1 saturated heterocycles. The maximum atomic E-state index is 13.9. The fourth-order valence-electron chi connectivity index (χ4n) is 1.73. The van der Waals surface area contributed by atoms with E-state index in [0.29, 0.717) is 17.5 Å². The summed E-state index contributed by atoms with van der Waals surface area (Å²) in [4.78, 5) is 12.1. The summed E-state index contributed by atoms with van der Waals surface area (Å²) in [6.07, 6.45) is 0.388. The minimum Gasteiger partial charge on any atom is -0.379 e. The van der Waals surface area contributed by atoms with E-state index in [2.05, 4.69) is 15.9 Å². The van der Waals surface area contributed by atoms with Crippen molar-refractivity contribution >= 4 is 33.3 Å². The highest BCUT2D eigenvalue weighted by Crippen LogP contribution is 2.30. The van der Waals surface area contributed by atoms with E-state index in [1.807, 2.05) is 0 Å². The molecule has 6 heteroatoms. The van der Waals surface area contributed by atoms with Crippen molar-refractivity contribution in [3.05, 3.63) is 33.0 Å². The van der Waals surface area contributed by atoms with Gasteiger partial charge in [-0.3, -0.25) is 4.79 Å². The van der Waals surface area contributed by atoms with Gasteiger partial charge < -0.3 is 10.5 Å². The first-order valence-corrected chi connectivity index (χ1v) is 6.18. The van der Waals surface area contributed by atoms with E-state index in [4.69, 9.17) is 22.1 Å². The van der Waals surface area contributed by atoms with Gasteiger partial charge in [0.05, 0.1) is 17.2 Å². The molecule has 1 unspecified atom stereocenters.